The van der Waals surface area contributed by atoms with Gasteiger partial charge in [0.15, 0.2) is 0 Å². The average Bonchev–Trinajstić information content (AvgIpc) is 3.94. The summed E-state index contributed by atoms with van der Waals surface area (Å²) in [7, 11) is 0. The molecule has 2 amide bonds. The van der Waals surface area contributed by atoms with Crippen molar-refractivity contribution in [2.45, 2.75) is 89.4 Å². The normalized spacial score (nSPS) is 22.6. The first-order chi connectivity index (χ1) is 24.1. The minimum absolute atomic E-state index is 0.108. The van der Waals surface area contributed by atoms with Gasteiger partial charge in [-0.15, -0.1) is 0 Å². The summed E-state index contributed by atoms with van der Waals surface area (Å²) >= 11 is 0. The van der Waals surface area contributed by atoms with Crippen LogP contribution in [0.1, 0.15) is 87.7 Å². The lowest BCUT2D eigenvalue weighted by molar-refractivity contribution is 0.0218. The Labute approximate surface area is 290 Å². The standard InChI is InChI=1S/C40H42N6O4/c1-40(2,3)50-39(49)45-16-4-5-34(45)36-41-21-33(44-36)26-10-14-30-25(18-26)7-6-24-17-22(9-13-29(24)30)23-11-15-31-32(20-23)43-37(42-31)35-27-8-12-28(19-27)46(35)38(47)48/h9-11,13-15,17-18,20-21,27-28,34-35H,4-8,12,16,19H2,1-3H3,(H,41,44)(H,42,43)(H,47,48)/t27?,28?,34-,35?/m0/s1. The summed E-state index contributed by atoms with van der Waals surface area (Å²) in [5.41, 5.74) is 10.8. The number of piperidine rings is 1. The van der Waals surface area contributed by atoms with Crippen LogP contribution in [0.15, 0.2) is 60.8 Å². The van der Waals surface area contributed by atoms with Crippen LogP contribution in [0, 0.1) is 5.92 Å². The number of H-pyrrole nitrogens is 2. The Morgan fingerprint density at radius 1 is 0.880 bits per heavy atom. The van der Waals surface area contributed by atoms with Gasteiger partial charge in [0, 0.05) is 12.6 Å². The Bertz CT molecular complexity index is 2160. The molecule has 2 saturated heterocycles. The van der Waals surface area contributed by atoms with E-state index in [1.807, 2.05) is 33.0 Å². The van der Waals surface area contributed by atoms with E-state index in [0.29, 0.717) is 12.5 Å². The second-order valence-corrected chi connectivity index (χ2v) is 15.5. The molecule has 2 bridgehead atoms. The maximum Gasteiger partial charge on any atom is 0.410 e. The molecule has 3 unspecified atom stereocenters. The maximum absolute atomic E-state index is 12.9. The highest BCUT2D eigenvalue weighted by atomic mass is 16.6. The van der Waals surface area contributed by atoms with E-state index in [4.69, 9.17) is 14.7 Å². The highest BCUT2D eigenvalue weighted by Gasteiger charge is 2.50. The number of aromatic nitrogens is 4. The third-order valence-electron chi connectivity index (χ3n) is 11.2. The van der Waals surface area contributed by atoms with Gasteiger partial charge in [-0.3, -0.25) is 9.80 Å². The van der Waals surface area contributed by atoms with E-state index in [-0.39, 0.29) is 24.2 Å². The number of hydrogen-bond acceptors (Lipinski definition) is 5. The summed E-state index contributed by atoms with van der Waals surface area (Å²) in [6.07, 6.45) is 7.36. The van der Waals surface area contributed by atoms with Crippen molar-refractivity contribution in [3.8, 4) is 33.5 Å². The van der Waals surface area contributed by atoms with Gasteiger partial charge >= 0.3 is 12.2 Å². The summed E-state index contributed by atoms with van der Waals surface area (Å²) in [6.45, 7) is 6.35. The molecule has 3 N–H and O–H groups in total. The average molecular weight is 671 g/mol. The first-order valence-corrected chi connectivity index (χ1v) is 17.9. The van der Waals surface area contributed by atoms with Crippen LogP contribution in [-0.4, -0.2) is 65.2 Å². The second-order valence-electron chi connectivity index (χ2n) is 15.5. The number of aromatic amines is 2. The number of amides is 2. The molecule has 3 aromatic carbocycles. The summed E-state index contributed by atoms with van der Waals surface area (Å²) in [4.78, 5) is 45.0. The van der Waals surface area contributed by atoms with Crippen molar-refractivity contribution < 1.29 is 19.4 Å². The quantitative estimate of drug-likeness (QED) is 0.176. The van der Waals surface area contributed by atoms with E-state index in [1.54, 1.807) is 9.80 Å². The number of nitrogens with one attached hydrogen (secondary N) is 2. The first kappa shape index (κ1) is 30.9. The number of benzene rings is 3. The minimum atomic E-state index is -0.849. The van der Waals surface area contributed by atoms with Crippen LogP contribution in [-0.2, 0) is 17.6 Å². The van der Waals surface area contributed by atoms with Crippen LogP contribution in [0.25, 0.3) is 44.5 Å². The third kappa shape index (κ3) is 5.23. The molecule has 4 atom stereocenters. The van der Waals surface area contributed by atoms with Gasteiger partial charge in [0.25, 0.3) is 0 Å². The zero-order chi connectivity index (χ0) is 34.3. The first-order valence-electron chi connectivity index (χ1n) is 17.9. The van der Waals surface area contributed by atoms with Gasteiger partial charge in [0.2, 0.25) is 0 Å². The molecule has 9 rings (SSSR count). The molecule has 0 radical (unpaired) electrons. The predicted molar refractivity (Wildman–Crippen MR) is 191 cm³/mol. The van der Waals surface area contributed by atoms with Gasteiger partial charge in [0.05, 0.1) is 35.0 Å². The third-order valence-corrected chi connectivity index (χ3v) is 11.2. The lowest BCUT2D eigenvalue weighted by Gasteiger charge is -2.31. The number of carboxylic acid groups (broad SMARTS) is 1. The predicted octanol–water partition coefficient (Wildman–Crippen LogP) is 8.66. The number of fused-ring (bicyclic) bond motifs is 6. The monoisotopic (exact) mass is 670 g/mol. The molecule has 4 aliphatic rings. The molecule has 2 aliphatic carbocycles. The van der Waals surface area contributed by atoms with E-state index < -0.39 is 11.7 Å². The van der Waals surface area contributed by atoms with Crippen LogP contribution in [0.5, 0.6) is 0 Å². The molecule has 50 heavy (non-hydrogen) atoms. The molecule has 2 aliphatic heterocycles. The highest BCUT2D eigenvalue weighted by molar-refractivity contribution is 5.84. The van der Waals surface area contributed by atoms with E-state index >= 15 is 0 Å². The van der Waals surface area contributed by atoms with Crippen LogP contribution in [0.3, 0.4) is 0 Å². The number of rotatable bonds is 4. The fourth-order valence-electron chi connectivity index (χ4n) is 8.95. The summed E-state index contributed by atoms with van der Waals surface area (Å²) in [5.74, 6) is 1.90. The molecule has 2 aromatic heterocycles. The highest BCUT2D eigenvalue weighted by Crippen LogP contribution is 2.50. The molecule has 1 saturated carbocycles. The van der Waals surface area contributed by atoms with Gasteiger partial charge < -0.3 is 19.8 Å². The molecule has 5 aromatic rings. The van der Waals surface area contributed by atoms with Gasteiger partial charge in [-0.2, -0.15) is 0 Å². The number of aryl methyl sites for hydroxylation is 2. The molecule has 3 fully saturated rings. The van der Waals surface area contributed by atoms with Gasteiger partial charge in [-0.1, -0.05) is 36.4 Å². The smallest absolute Gasteiger partial charge is 0.410 e. The number of likely N-dealkylation sites (tertiary alicyclic amines) is 2. The van der Waals surface area contributed by atoms with Crippen molar-refractivity contribution in [2.75, 3.05) is 6.54 Å². The van der Waals surface area contributed by atoms with E-state index in [2.05, 4.69) is 58.5 Å². The fraction of sp³-hybridized carbons (Fsp3) is 0.400. The zero-order valence-corrected chi connectivity index (χ0v) is 28.7. The minimum Gasteiger partial charge on any atom is -0.465 e. The molecule has 10 nitrogen and oxygen atoms in total. The number of carbonyl (C=O) groups is 2. The Morgan fingerprint density at radius 2 is 1.60 bits per heavy atom. The molecule has 10 heteroatoms. The Morgan fingerprint density at radius 3 is 2.36 bits per heavy atom. The number of imidazole rings is 2. The molecule has 256 valence electrons. The Kier molecular flexibility index (Phi) is 7.09. The number of carbonyl (C=O) groups excluding carboxylic acids is 1. The zero-order valence-electron chi connectivity index (χ0n) is 28.7. The van der Waals surface area contributed by atoms with Crippen molar-refractivity contribution in [3.63, 3.8) is 0 Å². The SMILES string of the molecule is CC(C)(C)OC(=O)N1CCC[C@H]1c1ncc(-c2ccc3c(c2)CCc2cc(-c4ccc5nc(C6C7CCC(C7)N6C(=O)O)[nH]c5c4)ccc2-3)[nH]1. The second kappa shape index (κ2) is 11.5. The largest absolute Gasteiger partial charge is 0.465 e. The van der Waals surface area contributed by atoms with Gasteiger partial charge in [-0.25, -0.2) is 19.6 Å². The van der Waals surface area contributed by atoms with Crippen LogP contribution < -0.4 is 0 Å². The lowest BCUT2D eigenvalue weighted by atomic mass is 9.83. The molecule has 4 heterocycles. The van der Waals surface area contributed by atoms with E-state index in [1.165, 1.54) is 22.3 Å². The number of nitrogens with zero attached hydrogens (tertiary/aromatic N) is 4. The molecular weight excluding hydrogens is 628 g/mol. The van der Waals surface area contributed by atoms with Crippen LogP contribution in [0.2, 0.25) is 0 Å². The maximum atomic E-state index is 12.9. The van der Waals surface area contributed by atoms with Crippen molar-refractivity contribution in [1.29, 1.82) is 0 Å². The van der Waals surface area contributed by atoms with Gasteiger partial charge in [-0.05, 0) is 129 Å². The van der Waals surface area contributed by atoms with Crippen molar-refractivity contribution in [2.24, 2.45) is 5.92 Å². The molecular formula is C40H42N6O4. The Balaban J connectivity index is 0.945. The van der Waals surface area contributed by atoms with Crippen LogP contribution >= 0.6 is 0 Å². The number of ether oxygens (including phenoxy) is 1. The summed E-state index contributed by atoms with van der Waals surface area (Å²) in [6, 6.07) is 19.5. The van der Waals surface area contributed by atoms with Crippen molar-refractivity contribution in [3.05, 3.63) is 83.6 Å². The van der Waals surface area contributed by atoms with E-state index in [9.17, 15) is 14.7 Å². The molecule has 0 spiro atoms. The summed E-state index contributed by atoms with van der Waals surface area (Å²) < 4.78 is 5.66. The van der Waals surface area contributed by atoms with Crippen molar-refractivity contribution >= 4 is 23.2 Å². The van der Waals surface area contributed by atoms with E-state index in [0.717, 1.165) is 90.0 Å². The lowest BCUT2D eigenvalue weighted by Crippen LogP contribution is -2.39. The topological polar surface area (TPSA) is 127 Å². The van der Waals surface area contributed by atoms with Crippen molar-refractivity contribution in [1.82, 2.24) is 29.7 Å². The summed E-state index contributed by atoms with van der Waals surface area (Å²) in [5, 5.41) is 9.91. The number of hydrogen-bond donors (Lipinski definition) is 3. The Hall–Kier alpha value is -5.12. The van der Waals surface area contributed by atoms with Crippen LogP contribution in [0.4, 0.5) is 9.59 Å². The fourth-order valence-corrected chi connectivity index (χ4v) is 8.95. The van der Waals surface area contributed by atoms with Gasteiger partial charge in [0.1, 0.15) is 17.2 Å².